The van der Waals surface area contributed by atoms with Gasteiger partial charge in [0.05, 0.1) is 32.0 Å². The van der Waals surface area contributed by atoms with Gasteiger partial charge < -0.3 is 20.4 Å². The lowest BCUT2D eigenvalue weighted by molar-refractivity contribution is 0.0651. The molecule has 0 amide bonds. The Morgan fingerprint density at radius 3 is 0.977 bits per heavy atom. The maximum atomic E-state index is 12.8. The van der Waals surface area contributed by atoms with E-state index < -0.39 is 76.2 Å². The molecule has 0 aliphatic carbocycles. The summed E-state index contributed by atoms with van der Waals surface area (Å²) < 4.78 is 55.6. The normalized spacial score (nSPS) is 11.5. The largest absolute Gasteiger partial charge is 0.478 e. The third-order valence-electron chi connectivity index (χ3n) is 6.09. The van der Waals surface area contributed by atoms with Crippen LogP contribution in [0, 0.1) is 0 Å². The lowest BCUT2D eigenvalue weighted by atomic mass is 9.99. The molecule has 0 spiro atoms. The van der Waals surface area contributed by atoms with Gasteiger partial charge in [0.2, 0.25) is 0 Å². The van der Waals surface area contributed by atoms with E-state index in [1.807, 2.05) is 0 Å². The van der Waals surface area contributed by atoms with Crippen LogP contribution >= 0.6 is 0 Å². The summed E-state index contributed by atoms with van der Waals surface area (Å²) in [7, 11) is -9.75. The van der Waals surface area contributed by atoms with Gasteiger partial charge in [-0.15, -0.1) is 3.63 Å². The molecule has 4 aromatic carbocycles. The average Bonchev–Trinajstić information content (AvgIpc) is 2.96. The van der Waals surface area contributed by atoms with Gasteiger partial charge >= 0.3 is 44.1 Å². The van der Waals surface area contributed by atoms with E-state index in [-0.39, 0.29) is 11.1 Å². The fourth-order valence-electron chi connectivity index (χ4n) is 4.00. The van der Waals surface area contributed by atoms with E-state index >= 15 is 0 Å². The molecule has 0 atom stereocenters. The van der Waals surface area contributed by atoms with Crippen LogP contribution in [-0.2, 0) is 23.9 Å². The zero-order chi connectivity index (χ0) is 31.7. The van der Waals surface area contributed by atoms with Crippen molar-refractivity contribution in [1.82, 2.24) is 0 Å². The molecule has 0 aliphatic rings. The van der Waals surface area contributed by atoms with Crippen LogP contribution < -0.4 is 0 Å². The Morgan fingerprint density at radius 1 is 0.419 bits per heavy atom. The maximum absolute atomic E-state index is 12.8. The predicted octanol–water partition coefficient (Wildman–Crippen LogP) is 3.91. The van der Waals surface area contributed by atoms with Crippen LogP contribution in [0.4, 0.5) is 0 Å². The van der Waals surface area contributed by atoms with Crippen LogP contribution in [0.5, 0.6) is 0 Å². The van der Waals surface area contributed by atoms with Crippen LogP contribution in [0.2, 0.25) is 0 Å². The molecule has 0 bridgehead atoms. The van der Waals surface area contributed by atoms with E-state index in [9.17, 15) is 46.2 Å². The number of benzene rings is 4. The van der Waals surface area contributed by atoms with Gasteiger partial charge in [-0.1, -0.05) is 36.4 Å². The minimum Gasteiger partial charge on any atom is -0.478 e. The lowest BCUT2D eigenvalue weighted by Crippen LogP contribution is -2.14. The Balaban J connectivity index is 1.57. The second-order valence-electron chi connectivity index (χ2n) is 8.77. The zero-order valence-electron chi connectivity index (χ0n) is 21.4. The molecule has 0 unspecified atom stereocenters. The summed E-state index contributed by atoms with van der Waals surface area (Å²) in [5.74, 6) is -5.85. The molecule has 43 heavy (non-hydrogen) atoms. The molecule has 0 aromatic heterocycles. The average molecular weight is 627 g/mol. The van der Waals surface area contributed by atoms with Crippen molar-refractivity contribution >= 4 is 44.1 Å². The zero-order valence-corrected chi connectivity index (χ0v) is 23.0. The standard InChI is InChI=1S/C28H18O13S2/c29-25(30)21-11-5-17(13-23(21)27(33)34)15-1-7-19(8-2-15)42(37,38)41-43(39,40)20-9-3-16(4-10-20)18-6-12-22(26(31)32)24(14-18)28(35)36/h1-14H,(H,29,30)(H,31,32)(H,33,34)(H,35,36). The number of rotatable bonds is 10. The number of aromatic carboxylic acids is 4. The first-order chi connectivity index (χ1) is 20.1. The van der Waals surface area contributed by atoms with E-state index in [0.29, 0.717) is 11.1 Å². The highest BCUT2D eigenvalue weighted by Gasteiger charge is 2.27. The topological polar surface area (TPSA) is 227 Å². The highest BCUT2D eigenvalue weighted by Crippen LogP contribution is 2.28. The van der Waals surface area contributed by atoms with Gasteiger partial charge in [0, 0.05) is 0 Å². The molecular formula is C28H18O13S2. The van der Waals surface area contributed by atoms with E-state index in [1.54, 1.807) is 0 Å². The SMILES string of the molecule is O=C(O)c1ccc(-c2ccc(S(=O)(=O)OS(=O)(=O)c3ccc(-c4ccc(C(=O)O)c(C(=O)O)c4)cc3)cc2)cc1C(=O)O. The van der Waals surface area contributed by atoms with Gasteiger partial charge in [0.15, 0.2) is 0 Å². The van der Waals surface area contributed by atoms with E-state index in [2.05, 4.69) is 3.63 Å². The van der Waals surface area contributed by atoms with Gasteiger partial charge in [-0.2, -0.15) is 16.8 Å². The van der Waals surface area contributed by atoms with Crippen molar-refractivity contribution in [3.63, 3.8) is 0 Å². The van der Waals surface area contributed by atoms with Crippen LogP contribution in [0.25, 0.3) is 22.3 Å². The molecule has 0 heterocycles. The molecule has 0 fully saturated rings. The van der Waals surface area contributed by atoms with Crippen molar-refractivity contribution in [2.75, 3.05) is 0 Å². The third kappa shape index (κ3) is 6.43. The predicted molar refractivity (Wildman–Crippen MR) is 147 cm³/mol. The molecule has 13 nitrogen and oxygen atoms in total. The Hall–Kier alpha value is -5.38. The van der Waals surface area contributed by atoms with Crippen molar-refractivity contribution in [1.29, 1.82) is 0 Å². The van der Waals surface area contributed by atoms with Gasteiger partial charge in [-0.25, -0.2) is 19.2 Å². The van der Waals surface area contributed by atoms with Crippen LogP contribution in [0.3, 0.4) is 0 Å². The number of hydrogen-bond acceptors (Lipinski definition) is 9. The lowest BCUT2D eigenvalue weighted by Gasteiger charge is -2.10. The van der Waals surface area contributed by atoms with Gasteiger partial charge in [0.1, 0.15) is 0 Å². The highest BCUT2D eigenvalue weighted by molar-refractivity contribution is 7.99. The van der Waals surface area contributed by atoms with Gasteiger partial charge in [-0.3, -0.25) is 0 Å². The molecule has 4 N–H and O–H groups in total. The second-order valence-corrected chi connectivity index (χ2v) is 12.1. The molecule has 4 rings (SSSR count). The fraction of sp³-hybridized carbons (Fsp3) is 0. The van der Waals surface area contributed by atoms with E-state index in [0.717, 1.165) is 48.5 Å². The smallest absolute Gasteiger partial charge is 0.336 e. The minimum absolute atomic E-state index is 0.257. The molecule has 0 radical (unpaired) electrons. The van der Waals surface area contributed by atoms with Crippen molar-refractivity contribution in [2.45, 2.75) is 9.79 Å². The number of carboxylic acids is 4. The summed E-state index contributed by atoms with van der Waals surface area (Å²) in [5.41, 5.74) is -0.727. The first kappa shape index (κ1) is 30.6. The second kappa shape index (κ2) is 11.5. The molecule has 220 valence electrons. The van der Waals surface area contributed by atoms with Crippen LogP contribution in [-0.4, -0.2) is 61.1 Å². The fourth-order valence-corrected chi connectivity index (χ4v) is 6.51. The van der Waals surface area contributed by atoms with Crippen molar-refractivity contribution in [2.24, 2.45) is 0 Å². The molecule has 0 aliphatic heterocycles. The number of carbonyl (C=O) groups is 4. The van der Waals surface area contributed by atoms with Gasteiger partial charge in [0.25, 0.3) is 0 Å². The third-order valence-corrected chi connectivity index (χ3v) is 9.22. The van der Waals surface area contributed by atoms with Crippen molar-refractivity contribution in [3.05, 3.63) is 107 Å². The summed E-state index contributed by atoms with van der Waals surface area (Å²) >= 11 is 0. The number of hydrogen-bond donors (Lipinski definition) is 4. The maximum Gasteiger partial charge on any atom is 0.336 e. The first-order valence-electron chi connectivity index (χ1n) is 11.7. The molecule has 4 aromatic rings. The molecular weight excluding hydrogens is 608 g/mol. The summed E-state index contributed by atoms with van der Waals surface area (Å²) in [4.78, 5) is 44.3. The Morgan fingerprint density at radius 2 is 0.698 bits per heavy atom. The molecule has 0 saturated carbocycles. The number of carboxylic acid groups (broad SMARTS) is 4. The van der Waals surface area contributed by atoms with Crippen molar-refractivity contribution in [3.8, 4) is 22.3 Å². The summed E-state index contributed by atoms with van der Waals surface area (Å²) in [6.45, 7) is 0. The van der Waals surface area contributed by atoms with E-state index in [1.165, 1.54) is 36.4 Å². The molecule has 0 saturated heterocycles. The van der Waals surface area contributed by atoms with Crippen molar-refractivity contribution < 1.29 is 60.1 Å². The quantitative estimate of drug-likeness (QED) is 0.196. The van der Waals surface area contributed by atoms with Crippen LogP contribution in [0.1, 0.15) is 41.4 Å². The first-order valence-corrected chi connectivity index (χ1v) is 14.6. The Kier molecular flexibility index (Phi) is 8.16. The highest BCUT2D eigenvalue weighted by atomic mass is 32.3. The summed E-state index contributed by atoms with van der Waals surface area (Å²) in [6.07, 6.45) is 0. The molecule has 15 heteroatoms. The van der Waals surface area contributed by atoms with Crippen LogP contribution in [0.15, 0.2) is 94.7 Å². The van der Waals surface area contributed by atoms with E-state index in [4.69, 9.17) is 10.2 Å². The summed E-state index contributed by atoms with van der Waals surface area (Å²) in [5, 5.41) is 37.0. The minimum atomic E-state index is -4.88. The summed E-state index contributed by atoms with van der Waals surface area (Å²) in [6, 6.07) is 16.1. The Labute approximate surface area is 243 Å². The van der Waals surface area contributed by atoms with Gasteiger partial charge in [-0.05, 0) is 70.8 Å². The Bertz CT molecular complexity index is 1870. The monoisotopic (exact) mass is 626 g/mol.